The van der Waals surface area contributed by atoms with E-state index in [9.17, 15) is 14.7 Å². The summed E-state index contributed by atoms with van der Waals surface area (Å²) in [5.74, 6) is -0.705. The van der Waals surface area contributed by atoms with E-state index in [2.05, 4.69) is 10.3 Å². The molecule has 1 aliphatic rings. The molecule has 1 saturated heterocycles. The van der Waals surface area contributed by atoms with Crippen molar-refractivity contribution in [3.63, 3.8) is 0 Å². The molecule has 1 fully saturated rings. The van der Waals surface area contributed by atoms with Gasteiger partial charge in [0, 0.05) is 29.0 Å². The SMILES string of the molecule is O=C(N[C@@H](Cc1ccccc1)[C@@H](O)C(=O)N1CCCCC1)c1cc2cc(Cl)ccc2[nH]1. The van der Waals surface area contributed by atoms with E-state index in [-0.39, 0.29) is 11.8 Å². The quantitative estimate of drug-likeness (QED) is 0.549. The molecule has 7 heteroatoms. The summed E-state index contributed by atoms with van der Waals surface area (Å²) in [6.45, 7) is 1.29. The van der Waals surface area contributed by atoms with Gasteiger partial charge in [0.1, 0.15) is 5.69 Å². The monoisotopic (exact) mass is 439 g/mol. The van der Waals surface area contributed by atoms with Crippen molar-refractivity contribution in [3.8, 4) is 0 Å². The molecule has 3 N–H and O–H groups in total. The number of aliphatic hydroxyl groups is 1. The van der Waals surface area contributed by atoms with E-state index in [4.69, 9.17) is 11.6 Å². The molecule has 0 radical (unpaired) electrons. The lowest BCUT2D eigenvalue weighted by molar-refractivity contribution is -0.142. The average Bonchev–Trinajstić information content (AvgIpc) is 3.22. The zero-order chi connectivity index (χ0) is 21.8. The number of aromatic nitrogens is 1. The highest BCUT2D eigenvalue weighted by Gasteiger charge is 2.32. The van der Waals surface area contributed by atoms with Crippen LogP contribution < -0.4 is 5.32 Å². The van der Waals surface area contributed by atoms with Gasteiger partial charge in [-0.1, -0.05) is 41.9 Å². The fourth-order valence-electron chi connectivity index (χ4n) is 4.06. The maximum atomic E-state index is 13.0. The van der Waals surface area contributed by atoms with E-state index in [0.717, 1.165) is 35.7 Å². The second-order valence-corrected chi connectivity index (χ2v) is 8.45. The van der Waals surface area contributed by atoms with Crippen molar-refractivity contribution < 1.29 is 14.7 Å². The van der Waals surface area contributed by atoms with E-state index in [0.29, 0.717) is 30.2 Å². The Kier molecular flexibility index (Phi) is 6.59. The highest BCUT2D eigenvalue weighted by molar-refractivity contribution is 6.31. The normalized spacial score (nSPS) is 16.1. The Morgan fingerprint density at radius 1 is 1.06 bits per heavy atom. The molecule has 2 heterocycles. The number of nitrogens with one attached hydrogen (secondary N) is 2. The van der Waals surface area contributed by atoms with Gasteiger partial charge in [-0.2, -0.15) is 0 Å². The van der Waals surface area contributed by atoms with Gasteiger partial charge in [-0.3, -0.25) is 9.59 Å². The molecule has 4 rings (SSSR count). The van der Waals surface area contributed by atoms with Crippen molar-refractivity contribution in [2.75, 3.05) is 13.1 Å². The van der Waals surface area contributed by atoms with Crippen molar-refractivity contribution in [1.82, 2.24) is 15.2 Å². The Balaban J connectivity index is 1.55. The standard InChI is InChI=1S/C24H26ClN3O3/c25-18-9-10-19-17(14-18)15-21(26-19)23(30)27-20(13-16-7-3-1-4-8-16)22(29)24(31)28-11-5-2-6-12-28/h1,3-4,7-10,14-15,20,22,26,29H,2,5-6,11-13H2,(H,27,30)/t20-,22+/m0/s1. The van der Waals surface area contributed by atoms with Gasteiger partial charge in [-0.05, 0) is 55.5 Å². The lowest BCUT2D eigenvalue weighted by Gasteiger charge is -2.32. The molecule has 1 aliphatic heterocycles. The van der Waals surface area contributed by atoms with Crippen LogP contribution in [0.25, 0.3) is 10.9 Å². The molecule has 0 spiro atoms. The fraction of sp³-hybridized carbons (Fsp3) is 0.333. The Bertz CT molecular complexity index is 1060. The first-order valence-corrected chi connectivity index (χ1v) is 11.0. The minimum atomic E-state index is -1.32. The first-order chi connectivity index (χ1) is 15.0. The molecule has 2 amide bonds. The van der Waals surface area contributed by atoms with E-state index in [1.165, 1.54) is 0 Å². The van der Waals surface area contributed by atoms with Gasteiger partial charge >= 0.3 is 0 Å². The smallest absolute Gasteiger partial charge is 0.268 e. The van der Waals surface area contributed by atoms with Crippen molar-refractivity contribution in [2.24, 2.45) is 0 Å². The summed E-state index contributed by atoms with van der Waals surface area (Å²) in [6.07, 6.45) is 1.99. The summed E-state index contributed by atoms with van der Waals surface area (Å²) < 4.78 is 0. The molecule has 3 aromatic rings. The van der Waals surface area contributed by atoms with Crippen molar-refractivity contribution in [1.29, 1.82) is 0 Å². The minimum absolute atomic E-state index is 0.329. The maximum Gasteiger partial charge on any atom is 0.268 e. The van der Waals surface area contributed by atoms with Crippen molar-refractivity contribution >= 4 is 34.3 Å². The number of fused-ring (bicyclic) bond motifs is 1. The second kappa shape index (κ2) is 9.54. The Morgan fingerprint density at radius 3 is 2.55 bits per heavy atom. The van der Waals surface area contributed by atoms with Crippen LogP contribution in [0, 0.1) is 0 Å². The number of aliphatic hydroxyl groups excluding tert-OH is 1. The third kappa shape index (κ3) is 5.09. The lowest BCUT2D eigenvalue weighted by atomic mass is 9.99. The molecule has 0 bridgehead atoms. The molecular formula is C24H26ClN3O3. The molecule has 6 nitrogen and oxygen atoms in total. The number of amides is 2. The first-order valence-electron chi connectivity index (χ1n) is 10.6. The Morgan fingerprint density at radius 2 is 1.81 bits per heavy atom. The van der Waals surface area contributed by atoms with Crippen LogP contribution in [0.5, 0.6) is 0 Å². The number of benzene rings is 2. The second-order valence-electron chi connectivity index (χ2n) is 8.02. The average molecular weight is 440 g/mol. The van der Waals surface area contributed by atoms with E-state index >= 15 is 0 Å². The number of likely N-dealkylation sites (tertiary alicyclic amines) is 1. The number of rotatable bonds is 6. The zero-order valence-electron chi connectivity index (χ0n) is 17.2. The fourth-order valence-corrected chi connectivity index (χ4v) is 4.24. The summed E-state index contributed by atoms with van der Waals surface area (Å²) in [5.41, 5.74) is 2.08. The number of carbonyl (C=O) groups excluding carboxylic acids is 2. The van der Waals surface area contributed by atoms with Gasteiger partial charge in [0.15, 0.2) is 6.10 Å². The Labute approximate surface area is 186 Å². The van der Waals surface area contributed by atoms with Gasteiger partial charge in [-0.15, -0.1) is 0 Å². The van der Waals surface area contributed by atoms with Crippen LogP contribution in [-0.4, -0.2) is 52.0 Å². The molecule has 0 aliphatic carbocycles. The number of piperidine rings is 1. The number of carbonyl (C=O) groups is 2. The number of nitrogens with zero attached hydrogens (tertiary/aromatic N) is 1. The lowest BCUT2D eigenvalue weighted by Crippen LogP contribution is -2.53. The van der Waals surface area contributed by atoms with Gasteiger partial charge in [0.25, 0.3) is 11.8 Å². The van der Waals surface area contributed by atoms with E-state index < -0.39 is 12.1 Å². The maximum absolute atomic E-state index is 13.0. The van der Waals surface area contributed by atoms with Gasteiger partial charge in [-0.25, -0.2) is 0 Å². The zero-order valence-corrected chi connectivity index (χ0v) is 17.9. The minimum Gasteiger partial charge on any atom is -0.381 e. The number of hydrogen-bond acceptors (Lipinski definition) is 3. The predicted octanol–water partition coefficient (Wildman–Crippen LogP) is 3.54. The predicted molar refractivity (Wildman–Crippen MR) is 121 cm³/mol. The van der Waals surface area contributed by atoms with Gasteiger partial charge in [0.05, 0.1) is 6.04 Å². The van der Waals surface area contributed by atoms with Crippen molar-refractivity contribution in [3.05, 3.63) is 70.9 Å². The van der Waals surface area contributed by atoms with Crippen LogP contribution in [0.4, 0.5) is 0 Å². The summed E-state index contributed by atoms with van der Waals surface area (Å²) in [5, 5.41) is 15.2. The van der Waals surface area contributed by atoms with Crippen LogP contribution in [-0.2, 0) is 11.2 Å². The molecule has 0 unspecified atom stereocenters. The molecule has 0 saturated carbocycles. The molecule has 1 aromatic heterocycles. The summed E-state index contributed by atoms with van der Waals surface area (Å²) in [7, 11) is 0. The summed E-state index contributed by atoms with van der Waals surface area (Å²) in [6, 6.07) is 15.8. The van der Waals surface area contributed by atoms with Crippen LogP contribution in [0.3, 0.4) is 0 Å². The first kappa shape index (κ1) is 21.4. The van der Waals surface area contributed by atoms with Gasteiger partial charge < -0.3 is 20.3 Å². The molecule has 31 heavy (non-hydrogen) atoms. The van der Waals surface area contributed by atoms with Crippen LogP contribution in [0.15, 0.2) is 54.6 Å². The highest BCUT2D eigenvalue weighted by Crippen LogP contribution is 2.20. The third-order valence-corrected chi connectivity index (χ3v) is 5.98. The molecular weight excluding hydrogens is 414 g/mol. The van der Waals surface area contributed by atoms with Crippen LogP contribution in [0.1, 0.15) is 35.3 Å². The van der Waals surface area contributed by atoms with Crippen LogP contribution in [0.2, 0.25) is 5.02 Å². The number of hydrogen-bond donors (Lipinski definition) is 3. The third-order valence-electron chi connectivity index (χ3n) is 5.74. The van der Waals surface area contributed by atoms with E-state index in [1.54, 1.807) is 23.1 Å². The van der Waals surface area contributed by atoms with Crippen molar-refractivity contribution in [2.45, 2.75) is 37.8 Å². The highest BCUT2D eigenvalue weighted by atomic mass is 35.5. The number of H-pyrrole nitrogens is 1. The topological polar surface area (TPSA) is 85.4 Å². The molecule has 2 aromatic carbocycles. The summed E-state index contributed by atoms with van der Waals surface area (Å²) >= 11 is 6.04. The van der Waals surface area contributed by atoms with E-state index in [1.807, 2.05) is 36.4 Å². The molecule has 162 valence electrons. The van der Waals surface area contributed by atoms with Gasteiger partial charge in [0.2, 0.25) is 0 Å². The Hall–Kier alpha value is -2.83. The number of halogens is 1. The molecule has 2 atom stereocenters. The largest absolute Gasteiger partial charge is 0.381 e. The summed E-state index contributed by atoms with van der Waals surface area (Å²) in [4.78, 5) is 30.7. The number of aromatic amines is 1. The van der Waals surface area contributed by atoms with Crippen LogP contribution >= 0.6 is 11.6 Å².